The summed E-state index contributed by atoms with van der Waals surface area (Å²) in [6, 6.07) is 10.5. The fraction of sp³-hybridized carbons (Fsp3) is 0.353. The van der Waals surface area contributed by atoms with E-state index in [-0.39, 0.29) is 36.6 Å². The summed E-state index contributed by atoms with van der Waals surface area (Å²) in [5.41, 5.74) is 0. The van der Waals surface area contributed by atoms with E-state index < -0.39 is 9.84 Å². The largest absolute Gasteiger partial charge is 0.484 e. The number of halogens is 1. The molecule has 0 spiro atoms. The summed E-state index contributed by atoms with van der Waals surface area (Å²) in [5.74, 6) is 1.07. The zero-order chi connectivity index (χ0) is 17.9. The van der Waals surface area contributed by atoms with Gasteiger partial charge >= 0.3 is 0 Å². The van der Waals surface area contributed by atoms with Crippen molar-refractivity contribution in [2.45, 2.75) is 19.0 Å². The number of furan rings is 1. The van der Waals surface area contributed by atoms with Crippen LogP contribution in [-0.2, 0) is 21.2 Å². The van der Waals surface area contributed by atoms with Gasteiger partial charge in [0.1, 0.15) is 11.5 Å². The monoisotopic (exact) mass is 475 g/mol. The summed E-state index contributed by atoms with van der Waals surface area (Å²) in [6.07, 6.45) is 1.98. The number of sulfone groups is 1. The van der Waals surface area contributed by atoms with Gasteiger partial charge in [-0.3, -0.25) is 4.79 Å². The van der Waals surface area contributed by atoms with Crippen molar-refractivity contribution in [2.75, 3.05) is 18.1 Å². The van der Waals surface area contributed by atoms with Gasteiger partial charge in [-0.15, -0.1) is 0 Å². The fourth-order valence-corrected chi connectivity index (χ4v) is 4.86. The average molecular weight is 475 g/mol. The molecule has 1 aromatic carbocycles. The molecule has 0 N–H and O–H groups in total. The quantitative estimate of drug-likeness (QED) is 0.601. The van der Waals surface area contributed by atoms with Crippen LogP contribution in [0.25, 0.3) is 0 Å². The normalized spacial score (nSPS) is 18.8. The molecule has 0 radical (unpaired) electrons. The van der Waals surface area contributed by atoms with E-state index in [4.69, 9.17) is 9.15 Å². The molecule has 0 aliphatic carbocycles. The van der Waals surface area contributed by atoms with Gasteiger partial charge in [0.15, 0.2) is 16.4 Å². The third-order valence-electron chi connectivity index (χ3n) is 4.05. The van der Waals surface area contributed by atoms with E-state index in [2.05, 4.69) is 22.6 Å². The molecule has 25 heavy (non-hydrogen) atoms. The SMILES string of the molecule is O=C(COc1ccc(I)cc1)N(Cc1ccco1)C1CCS(=O)(=O)C1. The Bertz CT molecular complexity index is 817. The first-order valence-corrected chi connectivity index (χ1v) is 10.7. The van der Waals surface area contributed by atoms with Crippen LogP contribution in [0.5, 0.6) is 5.75 Å². The second-order valence-electron chi connectivity index (χ2n) is 5.90. The van der Waals surface area contributed by atoms with Crippen LogP contribution >= 0.6 is 22.6 Å². The van der Waals surface area contributed by atoms with Crippen LogP contribution in [0.3, 0.4) is 0 Å². The van der Waals surface area contributed by atoms with Gasteiger partial charge in [-0.25, -0.2) is 8.42 Å². The molecule has 3 rings (SSSR count). The highest BCUT2D eigenvalue weighted by molar-refractivity contribution is 14.1. The van der Waals surface area contributed by atoms with Crippen LogP contribution in [0.1, 0.15) is 12.2 Å². The van der Waals surface area contributed by atoms with Gasteiger partial charge in [-0.05, 0) is 65.4 Å². The molecule has 1 aromatic heterocycles. The van der Waals surface area contributed by atoms with Crippen molar-refractivity contribution >= 4 is 38.3 Å². The van der Waals surface area contributed by atoms with E-state index in [9.17, 15) is 13.2 Å². The molecule has 1 unspecified atom stereocenters. The summed E-state index contributed by atoms with van der Waals surface area (Å²) in [6.45, 7) is 0.0971. The van der Waals surface area contributed by atoms with Gasteiger partial charge in [-0.1, -0.05) is 0 Å². The van der Waals surface area contributed by atoms with Crippen molar-refractivity contribution in [3.8, 4) is 5.75 Å². The third kappa shape index (κ3) is 4.97. The maximum absolute atomic E-state index is 12.7. The lowest BCUT2D eigenvalue weighted by Crippen LogP contribution is -2.43. The van der Waals surface area contributed by atoms with Crippen molar-refractivity contribution in [1.82, 2.24) is 4.90 Å². The molecule has 134 valence electrons. The Morgan fingerprint density at radius 3 is 2.64 bits per heavy atom. The molecular formula is C17H18INO5S. The smallest absolute Gasteiger partial charge is 0.261 e. The Kier molecular flexibility index (Phi) is 5.67. The number of hydrogen-bond donors (Lipinski definition) is 0. The van der Waals surface area contributed by atoms with Crippen LogP contribution in [0.2, 0.25) is 0 Å². The molecule has 6 nitrogen and oxygen atoms in total. The lowest BCUT2D eigenvalue weighted by atomic mass is 10.2. The Morgan fingerprint density at radius 2 is 2.04 bits per heavy atom. The zero-order valence-corrected chi connectivity index (χ0v) is 16.4. The summed E-state index contributed by atoms with van der Waals surface area (Å²) in [7, 11) is -3.09. The van der Waals surface area contributed by atoms with E-state index in [0.29, 0.717) is 17.9 Å². The van der Waals surface area contributed by atoms with E-state index >= 15 is 0 Å². The lowest BCUT2D eigenvalue weighted by Gasteiger charge is -2.27. The number of amides is 1. The number of benzene rings is 1. The molecule has 1 saturated heterocycles. The van der Waals surface area contributed by atoms with Gasteiger partial charge in [0.2, 0.25) is 0 Å². The highest BCUT2D eigenvalue weighted by Gasteiger charge is 2.35. The summed E-state index contributed by atoms with van der Waals surface area (Å²) >= 11 is 2.19. The van der Waals surface area contributed by atoms with E-state index in [1.807, 2.05) is 12.1 Å². The molecule has 0 saturated carbocycles. The van der Waals surface area contributed by atoms with E-state index in [1.165, 1.54) is 6.26 Å². The highest BCUT2D eigenvalue weighted by Crippen LogP contribution is 2.21. The maximum atomic E-state index is 12.7. The molecule has 1 aliphatic rings. The van der Waals surface area contributed by atoms with Crippen LogP contribution in [-0.4, -0.2) is 43.4 Å². The van der Waals surface area contributed by atoms with Gasteiger partial charge in [0.05, 0.1) is 24.3 Å². The van der Waals surface area contributed by atoms with Crippen molar-refractivity contribution < 1.29 is 22.4 Å². The second-order valence-corrected chi connectivity index (χ2v) is 9.37. The fourth-order valence-electron chi connectivity index (χ4n) is 2.77. The highest BCUT2D eigenvalue weighted by atomic mass is 127. The number of ether oxygens (including phenoxy) is 1. The van der Waals surface area contributed by atoms with Crippen LogP contribution in [0.15, 0.2) is 47.1 Å². The summed E-state index contributed by atoms with van der Waals surface area (Å²) < 4.78 is 35.5. The summed E-state index contributed by atoms with van der Waals surface area (Å²) in [5, 5.41) is 0. The lowest BCUT2D eigenvalue weighted by molar-refractivity contribution is -0.136. The summed E-state index contributed by atoms with van der Waals surface area (Å²) in [4.78, 5) is 14.2. The molecule has 1 amide bonds. The van der Waals surface area contributed by atoms with Crippen LogP contribution in [0, 0.1) is 3.57 Å². The molecule has 1 aliphatic heterocycles. The topological polar surface area (TPSA) is 76.8 Å². The number of carbonyl (C=O) groups is 1. The predicted molar refractivity (Wildman–Crippen MR) is 101 cm³/mol. The molecule has 1 atom stereocenters. The van der Waals surface area contributed by atoms with E-state index in [1.54, 1.807) is 29.2 Å². The van der Waals surface area contributed by atoms with Crippen molar-refractivity contribution in [3.63, 3.8) is 0 Å². The average Bonchev–Trinajstić information content (AvgIpc) is 3.21. The van der Waals surface area contributed by atoms with Gasteiger partial charge in [0.25, 0.3) is 5.91 Å². The minimum absolute atomic E-state index is 0.0109. The number of hydrogen-bond acceptors (Lipinski definition) is 5. The van der Waals surface area contributed by atoms with Gasteiger partial charge in [-0.2, -0.15) is 0 Å². The first-order chi connectivity index (χ1) is 11.9. The third-order valence-corrected chi connectivity index (χ3v) is 6.52. The molecule has 0 bridgehead atoms. The number of nitrogens with zero attached hydrogens (tertiary/aromatic N) is 1. The first kappa shape index (κ1) is 18.2. The molecule has 1 fully saturated rings. The number of carbonyl (C=O) groups excluding carboxylic acids is 1. The van der Waals surface area contributed by atoms with Gasteiger partial charge < -0.3 is 14.1 Å². The number of rotatable bonds is 6. The molecule has 2 heterocycles. The molecule has 2 aromatic rings. The Balaban J connectivity index is 1.69. The maximum Gasteiger partial charge on any atom is 0.261 e. The Morgan fingerprint density at radius 1 is 1.28 bits per heavy atom. The van der Waals surface area contributed by atoms with Gasteiger partial charge in [0, 0.05) is 9.61 Å². The van der Waals surface area contributed by atoms with Crippen molar-refractivity contribution in [3.05, 3.63) is 52.0 Å². The standard InChI is InChI=1S/C17H18INO5S/c18-13-3-5-15(6-4-13)24-11-17(20)19(10-16-2-1-8-23-16)14-7-9-25(21,22)12-14/h1-6,8,14H,7,9-12H2. The van der Waals surface area contributed by atoms with Crippen molar-refractivity contribution in [2.24, 2.45) is 0 Å². The van der Waals surface area contributed by atoms with Crippen molar-refractivity contribution in [1.29, 1.82) is 0 Å². The van der Waals surface area contributed by atoms with E-state index in [0.717, 1.165) is 3.57 Å². The Labute approximate surface area is 160 Å². The molecule has 8 heteroatoms. The Hall–Kier alpha value is -1.55. The zero-order valence-electron chi connectivity index (χ0n) is 13.4. The van der Waals surface area contributed by atoms with Crippen LogP contribution in [0.4, 0.5) is 0 Å². The first-order valence-electron chi connectivity index (χ1n) is 7.83. The minimum Gasteiger partial charge on any atom is -0.484 e. The predicted octanol–water partition coefficient (Wildman–Crippen LogP) is 2.48. The molecular weight excluding hydrogens is 457 g/mol. The minimum atomic E-state index is -3.09. The van der Waals surface area contributed by atoms with Crippen LogP contribution < -0.4 is 4.74 Å². The second kappa shape index (κ2) is 7.77.